The van der Waals surface area contributed by atoms with Crippen LogP contribution in [0.2, 0.25) is 0 Å². The van der Waals surface area contributed by atoms with Crippen LogP contribution in [0, 0.1) is 6.92 Å². The summed E-state index contributed by atoms with van der Waals surface area (Å²) >= 11 is 0. The van der Waals surface area contributed by atoms with Crippen molar-refractivity contribution in [3.63, 3.8) is 0 Å². The lowest BCUT2D eigenvalue weighted by atomic mass is 9.72. The first kappa shape index (κ1) is 24.8. The molecule has 4 nitrogen and oxygen atoms in total. The average Bonchev–Trinajstić information content (AvgIpc) is 2.77. The smallest absolute Gasteiger partial charge is 0.122 e. The highest BCUT2D eigenvalue weighted by Crippen LogP contribution is 2.41. The van der Waals surface area contributed by atoms with Gasteiger partial charge >= 0.3 is 0 Å². The minimum Gasteiger partial charge on any atom is -0.489 e. The van der Waals surface area contributed by atoms with Gasteiger partial charge in [-0.2, -0.15) is 0 Å². The molecule has 0 heterocycles. The van der Waals surface area contributed by atoms with Crippen molar-refractivity contribution in [3.05, 3.63) is 65.2 Å². The Hall–Kier alpha value is -1.88. The van der Waals surface area contributed by atoms with Crippen molar-refractivity contribution < 1.29 is 9.84 Å². The van der Waals surface area contributed by atoms with Gasteiger partial charge in [0.15, 0.2) is 0 Å². The number of benzene rings is 2. The first-order chi connectivity index (χ1) is 15.4. The third kappa shape index (κ3) is 6.81. The second-order valence-corrected chi connectivity index (χ2v) is 9.75. The van der Waals surface area contributed by atoms with E-state index in [-0.39, 0.29) is 12.0 Å². The molecule has 0 aromatic heterocycles. The molecular formula is C28H42N2O2. The van der Waals surface area contributed by atoms with E-state index in [1.54, 1.807) is 0 Å². The zero-order valence-corrected chi connectivity index (χ0v) is 20.2. The van der Waals surface area contributed by atoms with Crippen LogP contribution in [0.4, 0.5) is 0 Å². The Bertz CT molecular complexity index is 815. The number of aliphatic hydroxyl groups is 1. The van der Waals surface area contributed by atoms with Crippen LogP contribution in [0.1, 0.15) is 75.0 Å². The largest absolute Gasteiger partial charge is 0.489 e. The van der Waals surface area contributed by atoms with Crippen LogP contribution in [-0.4, -0.2) is 41.3 Å². The molecule has 0 spiro atoms. The highest BCUT2D eigenvalue weighted by Gasteiger charge is 2.39. The molecule has 2 aromatic carbocycles. The van der Waals surface area contributed by atoms with E-state index in [1.165, 1.54) is 12.0 Å². The van der Waals surface area contributed by atoms with E-state index in [2.05, 4.69) is 56.0 Å². The van der Waals surface area contributed by atoms with E-state index in [0.29, 0.717) is 6.61 Å². The number of aryl methyl sites for hydroxylation is 1. The quantitative estimate of drug-likeness (QED) is 0.492. The fraction of sp³-hybridized carbons (Fsp3) is 0.571. The lowest BCUT2D eigenvalue weighted by Crippen LogP contribution is -2.46. The molecule has 2 aromatic rings. The second kappa shape index (κ2) is 11.8. The van der Waals surface area contributed by atoms with Crippen LogP contribution in [0.15, 0.2) is 48.5 Å². The molecule has 3 N–H and O–H groups in total. The summed E-state index contributed by atoms with van der Waals surface area (Å²) in [6.45, 7) is 9.65. The molecule has 2 atom stereocenters. The van der Waals surface area contributed by atoms with Crippen LogP contribution in [0.25, 0.3) is 0 Å². The van der Waals surface area contributed by atoms with Gasteiger partial charge in [0.05, 0.1) is 5.60 Å². The third-order valence-corrected chi connectivity index (χ3v) is 6.73. The van der Waals surface area contributed by atoms with E-state index in [9.17, 15) is 5.11 Å². The highest BCUT2D eigenvalue weighted by molar-refractivity contribution is 5.39. The summed E-state index contributed by atoms with van der Waals surface area (Å²) in [5.41, 5.74) is 9.00. The van der Waals surface area contributed by atoms with E-state index < -0.39 is 5.60 Å². The van der Waals surface area contributed by atoms with Gasteiger partial charge in [0.2, 0.25) is 0 Å². The molecule has 0 radical (unpaired) electrons. The van der Waals surface area contributed by atoms with Gasteiger partial charge in [-0.3, -0.25) is 0 Å². The van der Waals surface area contributed by atoms with Gasteiger partial charge in [-0.25, -0.2) is 0 Å². The number of nitrogens with two attached hydrogens (primary N) is 1. The van der Waals surface area contributed by atoms with Crippen molar-refractivity contribution in [2.75, 3.05) is 19.6 Å². The monoisotopic (exact) mass is 438 g/mol. The Morgan fingerprint density at radius 1 is 1.06 bits per heavy atom. The van der Waals surface area contributed by atoms with Crippen molar-refractivity contribution in [2.24, 2.45) is 5.73 Å². The van der Waals surface area contributed by atoms with E-state index in [0.717, 1.165) is 68.6 Å². The third-order valence-electron chi connectivity index (χ3n) is 6.73. The summed E-state index contributed by atoms with van der Waals surface area (Å²) < 4.78 is 6.11. The van der Waals surface area contributed by atoms with Gasteiger partial charge in [0.1, 0.15) is 12.4 Å². The molecule has 0 bridgehead atoms. The Kier molecular flexibility index (Phi) is 9.15. The van der Waals surface area contributed by atoms with Gasteiger partial charge in [0.25, 0.3) is 0 Å². The predicted molar refractivity (Wildman–Crippen MR) is 133 cm³/mol. The molecular weight excluding hydrogens is 396 g/mol. The molecule has 3 rings (SSSR count). The van der Waals surface area contributed by atoms with Crippen LogP contribution >= 0.6 is 0 Å². The maximum Gasteiger partial charge on any atom is 0.122 e. The topological polar surface area (TPSA) is 58.7 Å². The molecule has 4 heteroatoms. The summed E-state index contributed by atoms with van der Waals surface area (Å²) in [5, 5.41) is 11.8. The SMILES string of the molecule is CCCN(CC(C)N)CC(c1ccc(OCc2ccccc2)c(C)c1)C1(O)CCCCC1. The summed E-state index contributed by atoms with van der Waals surface area (Å²) in [6, 6.07) is 16.9. The van der Waals surface area contributed by atoms with Gasteiger partial charge in [-0.05, 0) is 62.4 Å². The molecule has 0 aliphatic heterocycles. The van der Waals surface area contributed by atoms with Crippen molar-refractivity contribution in [2.45, 2.75) is 83.5 Å². The number of ether oxygens (including phenoxy) is 1. The minimum atomic E-state index is -0.652. The Morgan fingerprint density at radius 2 is 1.78 bits per heavy atom. The van der Waals surface area contributed by atoms with E-state index in [1.807, 2.05) is 18.2 Å². The summed E-state index contributed by atoms with van der Waals surface area (Å²) in [6.07, 6.45) is 6.26. The number of nitrogens with zero attached hydrogens (tertiary/aromatic N) is 1. The van der Waals surface area contributed by atoms with Gasteiger partial charge in [0, 0.05) is 25.0 Å². The molecule has 32 heavy (non-hydrogen) atoms. The van der Waals surface area contributed by atoms with Crippen LogP contribution < -0.4 is 10.5 Å². The average molecular weight is 439 g/mol. The van der Waals surface area contributed by atoms with Crippen LogP contribution in [-0.2, 0) is 6.61 Å². The molecule has 2 unspecified atom stereocenters. The Balaban J connectivity index is 1.82. The number of rotatable bonds is 11. The van der Waals surface area contributed by atoms with Crippen molar-refractivity contribution >= 4 is 0 Å². The van der Waals surface area contributed by atoms with Crippen molar-refractivity contribution in [3.8, 4) is 5.75 Å². The maximum atomic E-state index is 11.8. The van der Waals surface area contributed by atoms with Crippen LogP contribution in [0.5, 0.6) is 5.75 Å². The fourth-order valence-corrected chi connectivity index (χ4v) is 5.12. The van der Waals surface area contributed by atoms with Gasteiger partial charge in [-0.15, -0.1) is 0 Å². The number of hydrogen-bond donors (Lipinski definition) is 2. The molecule has 1 saturated carbocycles. The standard InChI is InChI=1S/C28H42N2O2/c1-4-17-30(19-23(3)29)20-26(28(31)15-9-6-10-16-28)25-13-14-27(22(2)18-25)32-21-24-11-7-5-8-12-24/h5,7-8,11-14,18,23,26,31H,4,6,9-10,15-17,19-21,29H2,1-3H3. The van der Waals surface area contributed by atoms with Crippen molar-refractivity contribution in [1.29, 1.82) is 0 Å². The van der Waals surface area contributed by atoms with E-state index in [4.69, 9.17) is 10.5 Å². The molecule has 1 aliphatic carbocycles. The summed E-state index contributed by atoms with van der Waals surface area (Å²) in [4.78, 5) is 2.44. The van der Waals surface area contributed by atoms with E-state index >= 15 is 0 Å². The Labute approximate surface area is 194 Å². The maximum absolute atomic E-state index is 11.8. The first-order valence-electron chi connectivity index (χ1n) is 12.4. The second-order valence-electron chi connectivity index (χ2n) is 9.75. The molecule has 1 aliphatic rings. The summed E-state index contributed by atoms with van der Waals surface area (Å²) in [5.74, 6) is 0.989. The molecule has 0 saturated heterocycles. The molecule has 1 fully saturated rings. The van der Waals surface area contributed by atoms with Crippen LogP contribution in [0.3, 0.4) is 0 Å². The normalized spacial score (nSPS) is 17.8. The highest BCUT2D eigenvalue weighted by atomic mass is 16.5. The number of hydrogen-bond acceptors (Lipinski definition) is 4. The van der Waals surface area contributed by atoms with Gasteiger partial charge in [-0.1, -0.05) is 68.7 Å². The first-order valence-corrected chi connectivity index (χ1v) is 12.4. The zero-order valence-electron chi connectivity index (χ0n) is 20.2. The lowest BCUT2D eigenvalue weighted by Gasteiger charge is -2.42. The lowest BCUT2D eigenvalue weighted by molar-refractivity contribution is -0.0312. The minimum absolute atomic E-state index is 0.0787. The summed E-state index contributed by atoms with van der Waals surface area (Å²) in [7, 11) is 0. The zero-order chi connectivity index (χ0) is 23.0. The molecule has 0 amide bonds. The fourth-order valence-electron chi connectivity index (χ4n) is 5.12. The van der Waals surface area contributed by atoms with Gasteiger partial charge < -0.3 is 20.5 Å². The Morgan fingerprint density at radius 3 is 2.41 bits per heavy atom. The predicted octanol–water partition coefficient (Wildman–Crippen LogP) is 5.41. The van der Waals surface area contributed by atoms with Crippen molar-refractivity contribution in [1.82, 2.24) is 4.90 Å². The molecule has 176 valence electrons.